The van der Waals surface area contributed by atoms with Crippen LogP contribution in [0.15, 0.2) is 0 Å². The second kappa shape index (κ2) is 3.89. The van der Waals surface area contributed by atoms with E-state index in [9.17, 15) is 8.42 Å². The van der Waals surface area contributed by atoms with Gasteiger partial charge in [0.15, 0.2) is 18.2 Å². The molecule has 15 heavy (non-hydrogen) atoms. The summed E-state index contributed by atoms with van der Waals surface area (Å²) in [7, 11) is -4.74. The highest BCUT2D eigenvalue weighted by Crippen LogP contribution is 2.30. The van der Waals surface area contributed by atoms with Crippen LogP contribution in [0.4, 0.5) is 0 Å². The van der Waals surface area contributed by atoms with Gasteiger partial charge in [0.1, 0.15) is 5.60 Å². The van der Waals surface area contributed by atoms with Crippen molar-refractivity contribution in [1.29, 1.82) is 5.26 Å². The average Bonchev–Trinajstić information content (AvgIpc) is 2.07. The summed E-state index contributed by atoms with van der Waals surface area (Å²) in [4.78, 5) is 0. The van der Waals surface area contributed by atoms with E-state index in [0.29, 0.717) is 12.8 Å². The number of nitriles is 1. The summed E-state index contributed by atoms with van der Waals surface area (Å²) < 4.78 is 28.4. The Bertz CT molecular complexity index is 363. The maximum absolute atomic E-state index is 11.3. The maximum Gasteiger partial charge on any atom is 0.185 e. The molecule has 6 heteroatoms. The van der Waals surface area contributed by atoms with Crippen LogP contribution in [-0.4, -0.2) is 33.8 Å². The average molecular weight is 247 g/mol. The molecule has 0 bridgehead atoms. The van der Waals surface area contributed by atoms with Crippen molar-refractivity contribution < 1.29 is 12.8 Å². The standard InChI is InChI=1S/C9H17NO3SSi/c1-15(2,3)13-9(8-10)4-6-14(11,12)7-5-9/h4-7H2,1-3H3. The van der Waals surface area contributed by atoms with Crippen LogP contribution in [0.25, 0.3) is 0 Å². The van der Waals surface area contributed by atoms with E-state index in [1.54, 1.807) is 0 Å². The summed E-state index contributed by atoms with van der Waals surface area (Å²) in [6.45, 7) is 6.03. The van der Waals surface area contributed by atoms with E-state index in [-0.39, 0.29) is 11.5 Å². The maximum atomic E-state index is 11.3. The molecule has 1 heterocycles. The quantitative estimate of drug-likeness (QED) is 0.690. The van der Waals surface area contributed by atoms with Gasteiger partial charge in [-0.1, -0.05) is 0 Å². The molecule has 1 aliphatic rings. The first kappa shape index (κ1) is 12.7. The Labute approximate surface area is 92.3 Å². The van der Waals surface area contributed by atoms with Crippen molar-refractivity contribution in [2.75, 3.05) is 11.5 Å². The van der Waals surface area contributed by atoms with E-state index in [0.717, 1.165) is 0 Å². The Morgan fingerprint density at radius 1 is 1.27 bits per heavy atom. The lowest BCUT2D eigenvalue weighted by atomic mass is 9.99. The topological polar surface area (TPSA) is 67.2 Å². The minimum absolute atomic E-state index is 0.0744. The molecule has 4 nitrogen and oxygen atoms in total. The van der Waals surface area contributed by atoms with Gasteiger partial charge >= 0.3 is 0 Å². The van der Waals surface area contributed by atoms with Gasteiger partial charge in [0.05, 0.1) is 17.6 Å². The van der Waals surface area contributed by atoms with Crippen molar-refractivity contribution in [3.8, 4) is 6.07 Å². The fourth-order valence-corrected chi connectivity index (χ4v) is 4.60. The molecular weight excluding hydrogens is 230 g/mol. The molecule has 1 aliphatic heterocycles. The van der Waals surface area contributed by atoms with Crippen LogP contribution < -0.4 is 0 Å². The number of hydrogen-bond acceptors (Lipinski definition) is 4. The van der Waals surface area contributed by atoms with Gasteiger partial charge in [-0.15, -0.1) is 0 Å². The molecule has 1 rings (SSSR count). The Kier molecular flexibility index (Phi) is 3.29. The van der Waals surface area contributed by atoms with Crippen molar-refractivity contribution >= 4 is 18.2 Å². The van der Waals surface area contributed by atoms with Crippen LogP contribution in [0.1, 0.15) is 12.8 Å². The van der Waals surface area contributed by atoms with Crippen LogP contribution in [0.5, 0.6) is 0 Å². The molecule has 86 valence electrons. The third kappa shape index (κ3) is 3.59. The van der Waals surface area contributed by atoms with Gasteiger partial charge in [0, 0.05) is 12.8 Å². The molecule has 0 spiro atoms. The first-order valence-electron chi connectivity index (χ1n) is 5.00. The molecular formula is C9H17NO3SSi. The number of sulfone groups is 1. The van der Waals surface area contributed by atoms with Crippen LogP contribution >= 0.6 is 0 Å². The lowest BCUT2D eigenvalue weighted by Crippen LogP contribution is -2.47. The van der Waals surface area contributed by atoms with E-state index in [2.05, 4.69) is 6.07 Å². The van der Waals surface area contributed by atoms with Gasteiger partial charge < -0.3 is 4.43 Å². The molecule has 0 aromatic heterocycles. The normalized spacial score (nSPS) is 24.4. The Hall–Kier alpha value is -0.383. The zero-order valence-electron chi connectivity index (χ0n) is 9.41. The lowest BCUT2D eigenvalue weighted by Gasteiger charge is -2.36. The molecule has 1 fully saturated rings. The van der Waals surface area contributed by atoms with Crippen molar-refractivity contribution in [3.05, 3.63) is 0 Å². The summed E-state index contributed by atoms with van der Waals surface area (Å²) >= 11 is 0. The molecule has 0 atom stereocenters. The van der Waals surface area contributed by atoms with E-state index in [1.165, 1.54) is 0 Å². The SMILES string of the molecule is C[Si](C)(C)OC1(C#N)CCS(=O)(=O)CC1. The first-order chi connectivity index (χ1) is 6.68. The van der Waals surface area contributed by atoms with Crippen LogP contribution in [0, 0.1) is 11.3 Å². The van der Waals surface area contributed by atoms with Crippen LogP contribution in [0.3, 0.4) is 0 Å². The molecule has 0 N–H and O–H groups in total. The summed E-state index contributed by atoms with van der Waals surface area (Å²) in [5.41, 5.74) is -0.851. The molecule has 0 radical (unpaired) electrons. The van der Waals surface area contributed by atoms with Crippen molar-refractivity contribution in [3.63, 3.8) is 0 Å². The first-order valence-corrected chi connectivity index (χ1v) is 10.2. The molecule has 0 unspecified atom stereocenters. The lowest BCUT2D eigenvalue weighted by molar-refractivity contribution is 0.108. The molecule has 1 saturated heterocycles. The van der Waals surface area contributed by atoms with Gasteiger partial charge in [-0.05, 0) is 19.6 Å². The summed E-state index contributed by atoms with van der Waals surface area (Å²) in [6.07, 6.45) is 0.631. The third-order valence-corrected chi connectivity index (χ3v) is 4.99. The Balaban J connectivity index is 2.79. The van der Waals surface area contributed by atoms with E-state index in [4.69, 9.17) is 9.69 Å². The zero-order valence-corrected chi connectivity index (χ0v) is 11.2. The van der Waals surface area contributed by atoms with Gasteiger partial charge in [-0.25, -0.2) is 8.42 Å². The van der Waals surface area contributed by atoms with Crippen molar-refractivity contribution in [1.82, 2.24) is 0 Å². The van der Waals surface area contributed by atoms with Gasteiger partial charge in [0.2, 0.25) is 0 Å². The third-order valence-electron chi connectivity index (χ3n) is 2.34. The highest BCUT2D eigenvalue weighted by Gasteiger charge is 2.41. The summed E-state index contributed by atoms with van der Waals surface area (Å²) in [5, 5.41) is 9.13. The number of rotatable bonds is 2. The summed E-state index contributed by atoms with van der Waals surface area (Å²) in [6, 6.07) is 2.16. The highest BCUT2D eigenvalue weighted by molar-refractivity contribution is 7.91. The smallest absolute Gasteiger partial charge is 0.185 e. The van der Waals surface area contributed by atoms with Gasteiger partial charge in [-0.2, -0.15) is 5.26 Å². The second-order valence-corrected chi connectivity index (χ2v) is 11.7. The van der Waals surface area contributed by atoms with E-state index in [1.807, 2.05) is 19.6 Å². The Morgan fingerprint density at radius 3 is 2.07 bits per heavy atom. The largest absolute Gasteiger partial charge is 0.400 e. The van der Waals surface area contributed by atoms with E-state index < -0.39 is 23.8 Å². The highest BCUT2D eigenvalue weighted by atomic mass is 32.2. The molecule has 0 aromatic carbocycles. The minimum atomic E-state index is -2.94. The molecule has 0 aliphatic carbocycles. The number of hydrogen-bond donors (Lipinski definition) is 0. The van der Waals surface area contributed by atoms with Gasteiger partial charge in [-0.3, -0.25) is 0 Å². The van der Waals surface area contributed by atoms with Crippen molar-refractivity contribution in [2.24, 2.45) is 0 Å². The molecule has 0 aromatic rings. The zero-order chi connectivity index (χ0) is 11.7. The van der Waals surface area contributed by atoms with Gasteiger partial charge in [0.25, 0.3) is 0 Å². The predicted molar refractivity (Wildman–Crippen MR) is 60.7 cm³/mol. The fourth-order valence-electron chi connectivity index (χ4n) is 1.69. The minimum Gasteiger partial charge on any atom is -0.400 e. The van der Waals surface area contributed by atoms with Crippen LogP contribution in [0.2, 0.25) is 19.6 Å². The molecule has 0 amide bonds. The number of nitrogens with zero attached hydrogens (tertiary/aromatic N) is 1. The van der Waals surface area contributed by atoms with E-state index >= 15 is 0 Å². The monoisotopic (exact) mass is 247 g/mol. The van der Waals surface area contributed by atoms with Crippen molar-refractivity contribution in [2.45, 2.75) is 38.1 Å². The Morgan fingerprint density at radius 2 is 1.73 bits per heavy atom. The molecule has 0 saturated carbocycles. The second-order valence-electron chi connectivity index (χ2n) is 4.97. The fraction of sp³-hybridized carbons (Fsp3) is 0.889. The summed E-state index contributed by atoms with van der Waals surface area (Å²) in [5.74, 6) is 0.149. The van der Waals surface area contributed by atoms with Crippen LogP contribution in [-0.2, 0) is 14.3 Å². The predicted octanol–water partition coefficient (Wildman–Crippen LogP) is 1.31.